The van der Waals surface area contributed by atoms with Crippen molar-refractivity contribution in [2.45, 2.75) is 19.4 Å². The van der Waals surface area contributed by atoms with Gasteiger partial charge >= 0.3 is 0 Å². The standard InChI is InChI=1S/C16H16N4O/c17-10-12-1-3-14(4-2-12)16(21)19-11-13-5-7-20-8-6-18-15(20)9-13/h1-4,6,8,13H,5,7,9,11H2,(H,19,21)/t13-/m0/s1. The van der Waals surface area contributed by atoms with Gasteiger partial charge in [0.15, 0.2) is 0 Å². The number of benzene rings is 1. The molecule has 3 rings (SSSR count). The molecule has 1 aliphatic heterocycles. The van der Waals surface area contributed by atoms with Gasteiger partial charge in [0.2, 0.25) is 0 Å². The van der Waals surface area contributed by atoms with Crippen molar-refractivity contribution in [3.05, 3.63) is 53.6 Å². The molecule has 21 heavy (non-hydrogen) atoms. The zero-order valence-corrected chi connectivity index (χ0v) is 11.6. The Kier molecular flexibility index (Phi) is 3.69. The fraction of sp³-hybridized carbons (Fsp3) is 0.312. The van der Waals surface area contributed by atoms with Crippen LogP contribution in [0.4, 0.5) is 0 Å². The molecule has 0 radical (unpaired) electrons. The number of amides is 1. The van der Waals surface area contributed by atoms with Gasteiger partial charge in [-0.2, -0.15) is 5.26 Å². The summed E-state index contributed by atoms with van der Waals surface area (Å²) in [6.45, 7) is 1.62. The molecule has 0 aliphatic carbocycles. The number of carbonyl (C=O) groups excluding carboxylic acids is 1. The summed E-state index contributed by atoms with van der Waals surface area (Å²) in [4.78, 5) is 16.4. The maximum atomic E-state index is 12.1. The summed E-state index contributed by atoms with van der Waals surface area (Å²) in [5, 5.41) is 11.7. The summed E-state index contributed by atoms with van der Waals surface area (Å²) in [6.07, 6.45) is 5.78. The molecule has 0 spiro atoms. The number of hydrogen-bond acceptors (Lipinski definition) is 3. The van der Waals surface area contributed by atoms with E-state index in [2.05, 4.69) is 14.9 Å². The van der Waals surface area contributed by atoms with Crippen LogP contribution in [0.2, 0.25) is 0 Å². The average Bonchev–Trinajstić information content (AvgIpc) is 3.00. The molecule has 0 unspecified atom stereocenters. The lowest BCUT2D eigenvalue weighted by Crippen LogP contribution is -2.33. The predicted molar refractivity (Wildman–Crippen MR) is 77.5 cm³/mol. The van der Waals surface area contributed by atoms with Gasteiger partial charge in [0.25, 0.3) is 5.91 Å². The lowest BCUT2D eigenvalue weighted by atomic mass is 9.97. The molecular formula is C16H16N4O. The van der Waals surface area contributed by atoms with E-state index in [-0.39, 0.29) is 5.91 Å². The van der Waals surface area contributed by atoms with Crippen LogP contribution in [0.25, 0.3) is 0 Å². The number of fused-ring (bicyclic) bond motifs is 1. The molecule has 0 saturated carbocycles. The van der Waals surface area contributed by atoms with Crippen LogP contribution in [0.1, 0.15) is 28.2 Å². The predicted octanol–water partition coefficient (Wildman–Crippen LogP) is 1.75. The largest absolute Gasteiger partial charge is 0.352 e. The minimum atomic E-state index is -0.0894. The van der Waals surface area contributed by atoms with Gasteiger partial charge in [0.05, 0.1) is 11.6 Å². The fourth-order valence-corrected chi connectivity index (χ4v) is 2.62. The molecule has 1 aromatic carbocycles. The van der Waals surface area contributed by atoms with Crippen LogP contribution in [-0.4, -0.2) is 22.0 Å². The SMILES string of the molecule is N#Cc1ccc(C(=O)NC[C@H]2CCn3ccnc3C2)cc1. The molecule has 2 heterocycles. The first kappa shape index (κ1) is 13.4. The molecule has 106 valence electrons. The second-order valence-electron chi connectivity index (χ2n) is 5.29. The van der Waals surface area contributed by atoms with Crippen molar-refractivity contribution in [2.24, 2.45) is 5.92 Å². The molecule has 1 aromatic heterocycles. The van der Waals surface area contributed by atoms with Crippen LogP contribution < -0.4 is 5.32 Å². The van der Waals surface area contributed by atoms with Crippen molar-refractivity contribution in [1.29, 1.82) is 5.26 Å². The van der Waals surface area contributed by atoms with Gasteiger partial charge in [0.1, 0.15) is 5.82 Å². The molecular weight excluding hydrogens is 264 g/mol. The molecule has 5 heteroatoms. The minimum absolute atomic E-state index is 0.0894. The lowest BCUT2D eigenvalue weighted by molar-refractivity contribution is 0.0944. The summed E-state index contributed by atoms with van der Waals surface area (Å²) in [6, 6.07) is 8.72. The van der Waals surface area contributed by atoms with Crippen LogP contribution in [0, 0.1) is 17.2 Å². The molecule has 0 bridgehead atoms. The first-order chi connectivity index (χ1) is 10.3. The maximum Gasteiger partial charge on any atom is 0.251 e. The quantitative estimate of drug-likeness (QED) is 0.931. The van der Waals surface area contributed by atoms with Gasteiger partial charge in [-0.1, -0.05) is 0 Å². The Morgan fingerprint density at radius 2 is 2.24 bits per heavy atom. The molecule has 5 nitrogen and oxygen atoms in total. The van der Waals surface area contributed by atoms with Crippen molar-refractivity contribution < 1.29 is 4.79 Å². The van der Waals surface area contributed by atoms with Crippen LogP contribution >= 0.6 is 0 Å². The Balaban J connectivity index is 1.55. The molecule has 0 saturated heterocycles. The first-order valence-electron chi connectivity index (χ1n) is 7.04. The maximum absolute atomic E-state index is 12.1. The number of nitrogens with zero attached hydrogens (tertiary/aromatic N) is 3. The Hall–Kier alpha value is -2.61. The third-order valence-corrected chi connectivity index (χ3v) is 3.88. The lowest BCUT2D eigenvalue weighted by Gasteiger charge is -2.23. The first-order valence-corrected chi connectivity index (χ1v) is 7.04. The third-order valence-electron chi connectivity index (χ3n) is 3.88. The zero-order valence-electron chi connectivity index (χ0n) is 11.6. The zero-order chi connectivity index (χ0) is 14.7. The summed E-state index contributed by atoms with van der Waals surface area (Å²) in [5.41, 5.74) is 1.15. The van der Waals surface area contributed by atoms with E-state index in [0.717, 1.165) is 25.2 Å². The van der Waals surface area contributed by atoms with Crippen LogP contribution in [0.3, 0.4) is 0 Å². The van der Waals surface area contributed by atoms with Gasteiger partial charge in [-0.05, 0) is 36.6 Å². The number of nitriles is 1. The Labute approximate surface area is 123 Å². The van der Waals surface area contributed by atoms with E-state index in [4.69, 9.17) is 5.26 Å². The van der Waals surface area contributed by atoms with Gasteiger partial charge < -0.3 is 9.88 Å². The van der Waals surface area contributed by atoms with Crippen LogP contribution in [0.5, 0.6) is 0 Å². The Morgan fingerprint density at radius 3 is 3.00 bits per heavy atom. The van der Waals surface area contributed by atoms with Gasteiger partial charge in [-0.3, -0.25) is 4.79 Å². The highest BCUT2D eigenvalue weighted by Gasteiger charge is 2.19. The van der Waals surface area contributed by atoms with Crippen molar-refractivity contribution in [3.8, 4) is 6.07 Å². The smallest absolute Gasteiger partial charge is 0.251 e. The van der Waals surface area contributed by atoms with E-state index >= 15 is 0 Å². The molecule has 1 atom stereocenters. The number of nitrogens with one attached hydrogen (secondary N) is 1. The van der Waals surface area contributed by atoms with Gasteiger partial charge in [-0.25, -0.2) is 4.98 Å². The highest BCUT2D eigenvalue weighted by molar-refractivity contribution is 5.94. The number of aromatic nitrogens is 2. The number of carbonyl (C=O) groups is 1. The van der Waals surface area contributed by atoms with E-state index < -0.39 is 0 Å². The summed E-state index contributed by atoms with van der Waals surface area (Å²) in [7, 11) is 0. The van der Waals surface area contributed by atoms with Crippen LogP contribution in [-0.2, 0) is 13.0 Å². The average molecular weight is 280 g/mol. The molecule has 1 N–H and O–H groups in total. The summed E-state index contributed by atoms with van der Waals surface area (Å²) in [5.74, 6) is 1.44. The van der Waals surface area contributed by atoms with Gasteiger partial charge in [0, 0.05) is 37.5 Å². The highest BCUT2D eigenvalue weighted by Crippen LogP contribution is 2.18. The monoisotopic (exact) mass is 280 g/mol. The molecule has 0 fully saturated rings. The molecule has 2 aromatic rings. The topological polar surface area (TPSA) is 70.7 Å². The molecule has 1 amide bonds. The summed E-state index contributed by atoms with van der Waals surface area (Å²) < 4.78 is 2.17. The Bertz CT molecular complexity index is 681. The summed E-state index contributed by atoms with van der Waals surface area (Å²) >= 11 is 0. The molecule has 1 aliphatic rings. The van der Waals surface area contributed by atoms with E-state index in [1.54, 1.807) is 24.3 Å². The fourth-order valence-electron chi connectivity index (χ4n) is 2.62. The Morgan fingerprint density at radius 1 is 1.43 bits per heavy atom. The van der Waals surface area contributed by atoms with Crippen molar-refractivity contribution >= 4 is 5.91 Å². The van der Waals surface area contributed by atoms with Crippen molar-refractivity contribution in [1.82, 2.24) is 14.9 Å². The van der Waals surface area contributed by atoms with E-state index in [1.165, 1.54) is 0 Å². The minimum Gasteiger partial charge on any atom is -0.352 e. The van der Waals surface area contributed by atoms with Crippen LogP contribution in [0.15, 0.2) is 36.7 Å². The number of hydrogen-bond donors (Lipinski definition) is 1. The van der Waals surface area contributed by atoms with E-state index in [9.17, 15) is 4.79 Å². The second-order valence-corrected chi connectivity index (χ2v) is 5.29. The number of aryl methyl sites for hydroxylation is 1. The van der Waals surface area contributed by atoms with Gasteiger partial charge in [-0.15, -0.1) is 0 Å². The number of imidazole rings is 1. The van der Waals surface area contributed by atoms with E-state index in [0.29, 0.717) is 23.6 Å². The van der Waals surface area contributed by atoms with Crippen molar-refractivity contribution in [2.75, 3.05) is 6.54 Å². The third kappa shape index (κ3) is 2.95. The highest BCUT2D eigenvalue weighted by atomic mass is 16.1. The van der Waals surface area contributed by atoms with E-state index in [1.807, 2.05) is 18.5 Å². The second kappa shape index (κ2) is 5.80. The normalized spacial score (nSPS) is 16.8. The number of rotatable bonds is 3. The van der Waals surface area contributed by atoms with Crippen molar-refractivity contribution in [3.63, 3.8) is 0 Å².